The van der Waals surface area contributed by atoms with Crippen molar-refractivity contribution >= 4 is 5.69 Å². The van der Waals surface area contributed by atoms with Gasteiger partial charge in [-0.05, 0) is 31.0 Å². The Morgan fingerprint density at radius 1 is 1.39 bits per heavy atom. The van der Waals surface area contributed by atoms with Gasteiger partial charge in [0.1, 0.15) is 18.0 Å². The van der Waals surface area contributed by atoms with Crippen LogP contribution < -0.4 is 5.32 Å². The Hall–Kier alpha value is -1.91. The lowest BCUT2D eigenvalue weighted by Crippen LogP contribution is -2.10. The summed E-state index contributed by atoms with van der Waals surface area (Å²) in [4.78, 5) is 4.20. The number of hydrogen-bond acceptors (Lipinski definition) is 3. The first kappa shape index (κ1) is 12.5. The lowest BCUT2D eigenvalue weighted by atomic mass is 10.2. The topological polar surface area (TPSA) is 42.7 Å². The minimum absolute atomic E-state index is 0.238. The van der Waals surface area contributed by atoms with E-state index in [1.165, 1.54) is 12.1 Å². The molecule has 1 aromatic carbocycles. The number of nitrogens with one attached hydrogen (secondary N) is 1. The van der Waals surface area contributed by atoms with E-state index in [0.29, 0.717) is 6.54 Å². The Balaban J connectivity index is 2.06. The highest BCUT2D eigenvalue weighted by Gasteiger charge is 2.05. The van der Waals surface area contributed by atoms with Crippen molar-refractivity contribution in [3.8, 4) is 0 Å². The van der Waals surface area contributed by atoms with Crippen LogP contribution in [0.5, 0.6) is 0 Å². The third kappa shape index (κ3) is 2.85. The van der Waals surface area contributed by atoms with Crippen molar-refractivity contribution in [2.45, 2.75) is 33.4 Å². The molecule has 18 heavy (non-hydrogen) atoms. The van der Waals surface area contributed by atoms with E-state index in [1.807, 2.05) is 11.6 Å². The van der Waals surface area contributed by atoms with E-state index in [-0.39, 0.29) is 5.82 Å². The number of rotatable bonds is 5. The lowest BCUT2D eigenvalue weighted by molar-refractivity contribution is 0.574. The summed E-state index contributed by atoms with van der Waals surface area (Å²) in [5, 5.41) is 7.34. The van der Waals surface area contributed by atoms with Crippen LogP contribution in [0.3, 0.4) is 0 Å². The van der Waals surface area contributed by atoms with Gasteiger partial charge in [0.25, 0.3) is 0 Å². The molecule has 0 aliphatic heterocycles. The molecular weight excluding hydrogens is 231 g/mol. The summed E-state index contributed by atoms with van der Waals surface area (Å²) in [5.41, 5.74) is 1.80. The molecule has 1 N–H and O–H groups in total. The molecule has 5 heteroatoms. The van der Waals surface area contributed by atoms with Crippen LogP contribution in [-0.2, 0) is 13.1 Å². The van der Waals surface area contributed by atoms with Crippen LogP contribution in [0.15, 0.2) is 24.5 Å². The fourth-order valence-corrected chi connectivity index (χ4v) is 1.78. The summed E-state index contributed by atoms with van der Waals surface area (Å²) in [5.74, 6) is 0.624. The number of aryl methyl sites for hydroxylation is 2. The van der Waals surface area contributed by atoms with Gasteiger partial charge in [0.2, 0.25) is 0 Å². The van der Waals surface area contributed by atoms with Crippen LogP contribution >= 0.6 is 0 Å². The van der Waals surface area contributed by atoms with Gasteiger partial charge in [-0.3, -0.25) is 0 Å². The highest BCUT2D eigenvalue weighted by molar-refractivity contribution is 5.50. The van der Waals surface area contributed by atoms with Crippen LogP contribution in [0, 0.1) is 12.7 Å². The number of hydrogen-bond donors (Lipinski definition) is 1. The van der Waals surface area contributed by atoms with E-state index >= 15 is 0 Å². The minimum Gasteiger partial charge on any atom is -0.377 e. The Morgan fingerprint density at radius 3 is 3.00 bits per heavy atom. The van der Waals surface area contributed by atoms with Crippen molar-refractivity contribution in [2.24, 2.45) is 0 Å². The number of aromatic nitrogens is 3. The van der Waals surface area contributed by atoms with E-state index in [2.05, 4.69) is 22.3 Å². The first-order chi connectivity index (χ1) is 8.70. The summed E-state index contributed by atoms with van der Waals surface area (Å²) in [6.07, 6.45) is 2.56. The molecule has 2 rings (SSSR count). The predicted octanol–water partition coefficient (Wildman–Crippen LogP) is 2.75. The second-order valence-corrected chi connectivity index (χ2v) is 4.21. The van der Waals surface area contributed by atoms with E-state index in [4.69, 9.17) is 0 Å². The average molecular weight is 248 g/mol. The molecule has 0 spiro atoms. The minimum atomic E-state index is -0.238. The molecule has 0 aliphatic rings. The first-order valence-corrected chi connectivity index (χ1v) is 6.07. The van der Waals surface area contributed by atoms with Gasteiger partial charge in [-0.15, -0.1) is 0 Å². The molecule has 0 unspecified atom stereocenters. The molecule has 1 aromatic heterocycles. The molecule has 4 nitrogen and oxygen atoms in total. The summed E-state index contributed by atoms with van der Waals surface area (Å²) in [6, 6.07) is 4.71. The van der Waals surface area contributed by atoms with Crippen molar-refractivity contribution in [1.82, 2.24) is 14.8 Å². The summed E-state index contributed by atoms with van der Waals surface area (Å²) in [7, 11) is 0. The van der Waals surface area contributed by atoms with Gasteiger partial charge in [0.15, 0.2) is 0 Å². The maximum Gasteiger partial charge on any atom is 0.146 e. The fourth-order valence-electron chi connectivity index (χ4n) is 1.78. The van der Waals surface area contributed by atoms with E-state index in [9.17, 15) is 4.39 Å². The molecular formula is C13H17FN4. The van der Waals surface area contributed by atoms with Crippen molar-refractivity contribution in [3.05, 3.63) is 41.7 Å². The predicted molar refractivity (Wildman–Crippen MR) is 68.8 cm³/mol. The van der Waals surface area contributed by atoms with Crippen LogP contribution in [0.1, 0.15) is 24.7 Å². The van der Waals surface area contributed by atoms with Gasteiger partial charge in [0, 0.05) is 12.2 Å². The molecule has 1 heterocycles. The van der Waals surface area contributed by atoms with Gasteiger partial charge >= 0.3 is 0 Å². The molecule has 0 bridgehead atoms. The summed E-state index contributed by atoms with van der Waals surface area (Å²) >= 11 is 0. The molecule has 0 radical (unpaired) electrons. The van der Waals surface area contributed by atoms with Gasteiger partial charge in [-0.25, -0.2) is 14.1 Å². The zero-order chi connectivity index (χ0) is 13.0. The normalized spacial score (nSPS) is 10.6. The number of halogens is 1. The van der Waals surface area contributed by atoms with E-state index < -0.39 is 0 Å². The number of anilines is 1. The van der Waals surface area contributed by atoms with Crippen LogP contribution in [0.25, 0.3) is 0 Å². The molecule has 0 atom stereocenters. The Bertz CT molecular complexity index is 521. The molecule has 0 fully saturated rings. The molecule has 0 aliphatic carbocycles. The molecule has 0 saturated heterocycles. The van der Waals surface area contributed by atoms with E-state index in [0.717, 1.165) is 30.0 Å². The highest BCUT2D eigenvalue weighted by atomic mass is 19.1. The first-order valence-electron chi connectivity index (χ1n) is 6.07. The zero-order valence-electron chi connectivity index (χ0n) is 10.7. The SMILES string of the molecule is CCCn1ncnc1CNc1cc(F)ccc1C. The lowest BCUT2D eigenvalue weighted by Gasteiger charge is -2.10. The smallest absolute Gasteiger partial charge is 0.146 e. The summed E-state index contributed by atoms with van der Waals surface area (Å²) < 4.78 is 15.0. The second kappa shape index (κ2) is 5.62. The fraction of sp³-hybridized carbons (Fsp3) is 0.385. The molecule has 0 saturated carbocycles. The molecule has 96 valence electrons. The highest BCUT2D eigenvalue weighted by Crippen LogP contribution is 2.16. The van der Waals surface area contributed by atoms with Gasteiger partial charge < -0.3 is 5.32 Å². The van der Waals surface area contributed by atoms with Crippen molar-refractivity contribution in [2.75, 3.05) is 5.32 Å². The Labute approximate surface area is 106 Å². The van der Waals surface area contributed by atoms with Crippen molar-refractivity contribution in [1.29, 1.82) is 0 Å². The Morgan fingerprint density at radius 2 is 2.22 bits per heavy atom. The third-order valence-corrected chi connectivity index (χ3v) is 2.77. The number of benzene rings is 1. The van der Waals surface area contributed by atoms with Crippen LogP contribution in [0.2, 0.25) is 0 Å². The second-order valence-electron chi connectivity index (χ2n) is 4.21. The largest absolute Gasteiger partial charge is 0.377 e. The van der Waals surface area contributed by atoms with Crippen molar-refractivity contribution < 1.29 is 4.39 Å². The standard InChI is InChI=1S/C13H17FN4/c1-3-6-18-13(16-9-17-18)8-15-12-7-11(14)5-4-10(12)2/h4-5,7,9,15H,3,6,8H2,1-2H3. The molecule has 0 amide bonds. The van der Waals surface area contributed by atoms with Crippen molar-refractivity contribution in [3.63, 3.8) is 0 Å². The maximum absolute atomic E-state index is 13.1. The van der Waals surface area contributed by atoms with Gasteiger partial charge in [-0.1, -0.05) is 13.0 Å². The molecule has 2 aromatic rings. The zero-order valence-corrected chi connectivity index (χ0v) is 10.7. The quantitative estimate of drug-likeness (QED) is 0.884. The van der Waals surface area contributed by atoms with Gasteiger partial charge in [-0.2, -0.15) is 5.10 Å². The van der Waals surface area contributed by atoms with Crippen LogP contribution in [-0.4, -0.2) is 14.8 Å². The summed E-state index contributed by atoms with van der Waals surface area (Å²) in [6.45, 7) is 5.43. The third-order valence-electron chi connectivity index (χ3n) is 2.77. The average Bonchev–Trinajstić information content (AvgIpc) is 2.78. The van der Waals surface area contributed by atoms with Gasteiger partial charge in [0.05, 0.1) is 6.54 Å². The number of nitrogens with zero attached hydrogens (tertiary/aromatic N) is 3. The monoisotopic (exact) mass is 248 g/mol. The van der Waals surface area contributed by atoms with Crippen LogP contribution in [0.4, 0.5) is 10.1 Å². The maximum atomic E-state index is 13.1. The Kier molecular flexibility index (Phi) is 3.92. The van der Waals surface area contributed by atoms with E-state index in [1.54, 1.807) is 12.4 Å².